The second-order valence-corrected chi connectivity index (χ2v) is 8.50. The molecule has 1 N–H and O–H groups in total. The molecule has 4 rings (SSSR count). The number of methoxy groups -OCH3 is 1. The van der Waals surface area contributed by atoms with Crippen molar-refractivity contribution < 1.29 is 9.53 Å². The van der Waals surface area contributed by atoms with Crippen LogP contribution in [0.4, 0.5) is 5.13 Å². The Bertz CT molecular complexity index is 968. The maximum Gasteiger partial charge on any atom is 0.220 e. The van der Waals surface area contributed by atoms with Crippen LogP contribution in [0.15, 0.2) is 48.5 Å². The molecule has 2 aromatic carbocycles. The second-order valence-electron chi connectivity index (χ2n) is 7.49. The van der Waals surface area contributed by atoms with Gasteiger partial charge in [0.25, 0.3) is 0 Å². The van der Waals surface area contributed by atoms with Crippen molar-refractivity contribution in [2.75, 3.05) is 51.3 Å². The average Bonchev–Trinajstić information content (AvgIpc) is 3.22. The molecule has 1 aliphatic heterocycles. The Kier molecular flexibility index (Phi) is 6.81. The van der Waals surface area contributed by atoms with Crippen LogP contribution in [0.3, 0.4) is 0 Å². The van der Waals surface area contributed by atoms with E-state index in [0.29, 0.717) is 13.0 Å². The van der Waals surface area contributed by atoms with Crippen molar-refractivity contribution in [1.82, 2.24) is 15.2 Å². The topological polar surface area (TPSA) is 57.7 Å². The van der Waals surface area contributed by atoms with E-state index >= 15 is 0 Å². The minimum Gasteiger partial charge on any atom is -0.497 e. The molecule has 1 fully saturated rings. The molecule has 1 amide bonds. The van der Waals surface area contributed by atoms with Crippen LogP contribution in [-0.4, -0.2) is 62.2 Å². The van der Waals surface area contributed by atoms with Gasteiger partial charge in [-0.1, -0.05) is 41.7 Å². The van der Waals surface area contributed by atoms with Gasteiger partial charge in [0.2, 0.25) is 5.91 Å². The molecule has 7 heteroatoms. The van der Waals surface area contributed by atoms with Gasteiger partial charge in [-0.15, -0.1) is 0 Å². The first-order valence-electron chi connectivity index (χ1n) is 10.4. The van der Waals surface area contributed by atoms with Crippen molar-refractivity contribution in [2.45, 2.75) is 12.8 Å². The molecule has 0 unspecified atom stereocenters. The van der Waals surface area contributed by atoms with Gasteiger partial charge in [0, 0.05) is 45.7 Å². The summed E-state index contributed by atoms with van der Waals surface area (Å²) in [5.74, 6) is 0.996. The predicted octanol–water partition coefficient (Wildman–Crippen LogP) is 3.18. The molecule has 1 aliphatic rings. The Morgan fingerprint density at radius 2 is 1.93 bits per heavy atom. The van der Waals surface area contributed by atoms with E-state index in [0.717, 1.165) is 60.2 Å². The lowest BCUT2D eigenvalue weighted by Crippen LogP contribution is -2.48. The van der Waals surface area contributed by atoms with Gasteiger partial charge in [0.05, 0.1) is 17.3 Å². The summed E-state index contributed by atoms with van der Waals surface area (Å²) in [5, 5.41) is 4.13. The number of benzene rings is 2. The number of thiazole rings is 1. The van der Waals surface area contributed by atoms with Crippen LogP contribution in [0.2, 0.25) is 0 Å². The number of nitrogens with one attached hydrogen (secondary N) is 1. The molecule has 0 saturated carbocycles. The first-order chi connectivity index (χ1) is 14.7. The number of nitrogens with zero attached hydrogens (tertiary/aromatic N) is 3. The lowest BCUT2D eigenvalue weighted by Gasteiger charge is -2.34. The normalized spacial score (nSPS) is 14.8. The zero-order valence-corrected chi connectivity index (χ0v) is 18.2. The minimum atomic E-state index is 0.127. The third kappa shape index (κ3) is 5.29. The maximum atomic E-state index is 12.1. The summed E-state index contributed by atoms with van der Waals surface area (Å²) in [4.78, 5) is 21.6. The number of aromatic nitrogens is 1. The minimum absolute atomic E-state index is 0.127. The fraction of sp³-hybridized carbons (Fsp3) is 0.391. The van der Waals surface area contributed by atoms with E-state index in [1.54, 1.807) is 18.4 Å². The van der Waals surface area contributed by atoms with E-state index in [1.807, 2.05) is 36.4 Å². The monoisotopic (exact) mass is 424 g/mol. The third-order valence-corrected chi connectivity index (χ3v) is 6.54. The second kappa shape index (κ2) is 9.91. The van der Waals surface area contributed by atoms with Crippen molar-refractivity contribution in [3.63, 3.8) is 0 Å². The van der Waals surface area contributed by atoms with Crippen molar-refractivity contribution in [3.05, 3.63) is 54.1 Å². The van der Waals surface area contributed by atoms with E-state index in [-0.39, 0.29) is 5.91 Å². The molecular weight excluding hydrogens is 396 g/mol. The summed E-state index contributed by atoms with van der Waals surface area (Å²) >= 11 is 1.72. The van der Waals surface area contributed by atoms with E-state index in [1.165, 1.54) is 5.56 Å². The molecule has 0 radical (unpaired) electrons. The molecule has 6 nitrogen and oxygen atoms in total. The Morgan fingerprint density at radius 3 is 2.70 bits per heavy atom. The van der Waals surface area contributed by atoms with Gasteiger partial charge < -0.3 is 15.0 Å². The summed E-state index contributed by atoms with van der Waals surface area (Å²) in [6.07, 6.45) is 1.33. The number of rotatable bonds is 8. The molecule has 2 heterocycles. The maximum absolute atomic E-state index is 12.1. The van der Waals surface area contributed by atoms with Gasteiger partial charge in [0.1, 0.15) is 5.75 Å². The molecule has 30 heavy (non-hydrogen) atoms. The van der Waals surface area contributed by atoms with Crippen LogP contribution in [0.25, 0.3) is 10.2 Å². The van der Waals surface area contributed by atoms with Crippen LogP contribution in [0, 0.1) is 0 Å². The number of piperazine rings is 1. The summed E-state index contributed by atoms with van der Waals surface area (Å²) in [7, 11) is 1.69. The van der Waals surface area contributed by atoms with E-state index in [2.05, 4.69) is 27.2 Å². The Hall–Kier alpha value is -2.64. The van der Waals surface area contributed by atoms with Gasteiger partial charge in [-0.25, -0.2) is 4.98 Å². The highest BCUT2D eigenvalue weighted by Crippen LogP contribution is 2.31. The molecule has 3 aromatic rings. The Morgan fingerprint density at radius 1 is 1.13 bits per heavy atom. The van der Waals surface area contributed by atoms with Crippen molar-refractivity contribution >= 4 is 32.6 Å². The first kappa shape index (κ1) is 20.6. The van der Waals surface area contributed by atoms with E-state index in [4.69, 9.17) is 9.72 Å². The molecule has 1 aromatic heterocycles. The van der Waals surface area contributed by atoms with Gasteiger partial charge >= 0.3 is 0 Å². The molecule has 0 spiro atoms. The van der Waals surface area contributed by atoms with Crippen LogP contribution < -0.4 is 15.0 Å². The summed E-state index contributed by atoms with van der Waals surface area (Å²) in [6, 6.07) is 16.2. The molecule has 0 bridgehead atoms. The predicted molar refractivity (Wildman–Crippen MR) is 123 cm³/mol. The zero-order valence-electron chi connectivity index (χ0n) is 17.3. The third-order valence-electron chi connectivity index (χ3n) is 5.46. The van der Waals surface area contributed by atoms with Gasteiger partial charge in [-0.2, -0.15) is 0 Å². The van der Waals surface area contributed by atoms with Crippen LogP contribution in [-0.2, 0) is 11.2 Å². The summed E-state index contributed by atoms with van der Waals surface area (Å²) in [5.41, 5.74) is 2.23. The quantitative estimate of drug-likeness (QED) is 0.602. The Balaban J connectivity index is 1.18. The highest BCUT2D eigenvalue weighted by Gasteiger charge is 2.20. The largest absolute Gasteiger partial charge is 0.497 e. The highest BCUT2D eigenvalue weighted by molar-refractivity contribution is 7.22. The average molecular weight is 425 g/mol. The lowest BCUT2D eigenvalue weighted by molar-refractivity contribution is -0.121. The van der Waals surface area contributed by atoms with Crippen LogP contribution in [0.1, 0.15) is 12.0 Å². The van der Waals surface area contributed by atoms with Crippen molar-refractivity contribution in [1.29, 1.82) is 0 Å². The van der Waals surface area contributed by atoms with Crippen molar-refractivity contribution in [3.8, 4) is 5.75 Å². The standard InChI is InChI=1S/C23H28N4O2S/c1-29-19-8-9-20-21(17-19)30-23(25-20)27-15-13-26(14-16-27)12-11-24-22(28)10-7-18-5-3-2-4-6-18/h2-6,8-9,17H,7,10-16H2,1H3,(H,24,28). The number of aryl methyl sites for hydroxylation is 1. The summed E-state index contributed by atoms with van der Waals surface area (Å²) in [6.45, 7) is 5.48. The van der Waals surface area contributed by atoms with Gasteiger partial charge in [0.15, 0.2) is 5.13 Å². The van der Waals surface area contributed by atoms with Crippen LogP contribution in [0.5, 0.6) is 5.75 Å². The van der Waals surface area contributed by atoms with Crippen molar-refractivity contribution in [2.24, 2.45) is 0 Å². The highest BCUT2D eigenvalue weighted by atomic mass is 32.1. The number of carbonyl (C=O) groups is 1. The molecule has 1 saturated heterocycles. The Labute approximate surface area is 181 Å². The van der Waals surface area contributed by atoms with Crippen LogP contribution >= 0.6 is 11.3 Å². The number of carbonyl (C=O) groups excluding carboxylic acids is 1. The van der Waals surface area contributed by atoms with Gasteiger partial charge in [-0.3, -0.25) is 9.69 Å². The molecule has 0 atom stereocenters. The molecule has 158 valence electrons. The number of fused-ring (bicyclic) bond motifs is 1. The smallest absolute Gasteiger partial charge is 0.220 e. The fourth-order valence-corrected chi connectivity index (χ4v) is 4.71. The van der Waals surface area contributed by atoms with Gasteiger partial charge in [-0.05, 0) is 30.2 Å². The lowest BCUT2D eigenvalue weighted by atomic mass is 10.1. The SMILES string of the molecule is COc1ccc2nc(N3CCN(CCNC(=O)CCc4ccccc4)CC3)sc2c1. The number of hydrogen-bond donors (Lipinski definition) is 1. The number of hydrogen-bond acceptors (Lipinski definition) is 6. The first-order valence-corrected chi connectivity index (χ1v) is 11.3. The summed E-state index contributed by atoms with van der Waals surface area (Å²) < 4.78 is 6.47. The number of ether oxygens (including phenoxy) is 1. The molecular formula is C23H28N4O2S. The van der Waals surface area contributed by atoms with E-state index < -0.39 is 0 Å². The number of anilines is 1. The zero-order chi connectivity index (χ0) is 20.8. The number of amides is 1. The fourth-order valence-electron chi connectivity index (χ4n) is 3.66. The van der Waals surface area contributed by atoms with E-state index in [9.17, 15) is 4.79 Å². The molecule has 0 aliphatic carbocycles.